The van der Waals surface area contributed by atoms with Crippen molar-refractivity contribution in [3.63, 3.8) is 0 Å². The second-order valence-corrected chi connectivity index (χ2v) is 5.95. The van der Waals surface area contributed by atoms with Gasteiger partial charge in [-0.15, -0.1) is 0 Å². The Morgan fingerprint density at radius 1 is 1.25 bits per heavy atom. The molecule has 2 aromatic rings. The Morgan fingerprint density at radius 2 is 2.04 bits per heavy atom. The highest BCUT2D eigenvalue weighted by Crippen LogP contribution is 2.10. The van der Waals surface area contributed by atoms with Gasteiger partial charge in [-0.05, 0) is 43.9 Å². The van der Waals surface area contributed by atoms with Crippen molar-refractivity contribution in [2.75, 3.05) is 6.54 Å². The van der Waals surface area contributed by atoms with Crippen LogP contribution in [-0.4, -0.2) is 27.6 Å². The molecule has 0 aliphatic rings. The predicted molar refractivity (Wildman–Crippen MR) is 92.5 cm³/mol. The van der Waals surface area contributed by atoms with Gasteiger partial charge in [-0.2, -0.15) is 4.98 Å². The van der Waals surface area contributed by atoms with E-state index in [0.717, 1.165) is 18.4 Å². The van der Waals surface area contributed by atoms with E-state index in [1.165, 1.54) is 11.1 Å². The molecule has 0 bridgehead atoms. The molecule has 6 nitrogen and oxygen atoms in total. The number of nitrogens with zero attached hydrogens (tertiary/aromatic N) is 3. The average molecular weight is 330 g/mol. The summed E-state index contributed by atoms with van der Waals surface area (Å²) in [5, 5.41) is 6.89. The van der Waals surface area contributed by atoms with E-state index in [4.69, 9.17) is 4.52 Å². The number of rotatable bonds is 7. The molecule has 0 aliphatic heterocycles. The van der Waals surface area contributed by atoms with Crippen LogP contribution >= 0.6 is 0 Å². The molecule has 6 heteroatoms. The lowest BCUT2D eigenvalue weighted by Crippen LogP contribution is -2.39. The van der Waals surface area contributed by atoms with E-state index >= 15 is 0 Å². The maximum Gasteiger partial charge on any atom is 0.318 e. The van der Waals surface area contributed by atoms with Crippen LogP contribution < -0.4 is 5.32 Å². The van der Waals surface area contributed by atoms with E-state index < -0.39 is 0 Å². The Labute approximate surface area is 143 Å². The molecule has 2 amide bonds. The van der Waals surface area contributed by atoms with Crippen LogP contribution in [0.15, 0.2) is 22.7 Å². The van der Waals surface area contributed by atoms with E-state index in [-0.39, 0.29) is 6.03 Å². The van der Waals surface area contributed by atoms with Gasteiger partial charge in [0.25, 0.3) is 0 Å². The fraction of sp³-hybridized carbons (Fsp3) is 0.500. The van der Waals surface area contributed by atoms with Gasteiger partial charge in [-0.1, -0.05) is 30.3 Å². The Bertz CT molecular complexity index is 681. The summed E-state index contributed by atoms with van der Waals surface area (Å²) in [6.45, 7) is 9.57. The minimum atomic E-state index is -0.127. The van der Waals surface area contributed by atoms with Crippen LogP contribution in [0.2, 0.25) is 0 Å². The molecule has 1 aromatic carbocycles. The number of carbonyl (C=O) groups is 1. The normalized spacial score (nSPS) is 10.7. The number of hydrogen-bond acceptors (Lipinski definition) is 4. The zero-order valence-electron chi connectivity index (χ0n) is 14.9. The third-order valence-electron chi connectivity index (χ3n) is 3.99. The third-order valence-corrected chi connectivity index (χ3v) is 3.99. The summed E-state index contributed by atoms with van der Waals surface area (Å²) in [5.41, 5.74) is 3.57. The van der Waals surface area contributed by atoms with Crippen LogP contribution in [-0.2, 0) is 19.5 Å². The summed E-state index contributed by atoms with van der Waals surface area (Å²) in [6, 6.07) is 6.08. The first-order chi connectivity index (χ1) is 11.5. The molecule has 0 saturated heterocycles. The molecule has 0 atom stereocenters. The predicted octanol–water partition coefficient (Wildman–Crippen LogP) is 3.37. The van der Waals surface area contributed by atoms with Gasteiger partial charge in [-0.3, -0.25) is 0 Å². The lowest BCUT2D eigenvalue weighted by atomic mass is 10.1. The van der Waals surface area contributed by atoms with Crippen molar-refractivity contribution < 1.29 is 9.32 Å². The van der Waals surface area contributed by atoms with Crippen LogP contribution in [0.4, 0.5) is 4.79 Å². The summed E-state index contributed by atoms with van der Waals surface area (Å²) in [6.07, 6.45) is 1.72. The quantitative estimate of drug-likeness (QED) is 0.845. The standard InChI is InChI=1S/C18H26N4O2/c1-5-7-17-20-16(21-24-17)12-22(6-2)18(23)19-11-15-9-8-13(3)14(4)10-15/h8-10H,5-7,11-12H2,1-4H3,(H,19,23). The Morgan fingerprint density at radius 3 is 2.71 bits per heavy atom. The van der Waals surface area contributed by atoms with Gasteiger partial charge in [-0.25, -0.2) is 4.79 Å². The molecule has 0 spiro atoms. The van der Waals surface area contributed by atoms with Crippen LogP contribution in [0, 0.1) is 13.8 Å². The first-order valence-electron chi connectivity index (χ1n) is 8.43. The number of hydrogen-bond donors (Lipinski definition) is 1. The minimum Gasteiger partial charge on any atom is -0.339 e. The molecular formula is C18H26N4O2. The highest BCUT2D eigenvalue weighted by atomic mass is 16.5. The molecule has 1 heterocycles. The number of nitrogens with one attached hydrogen (secondary N) is 1. The smallest absolute Gasteiger partial charge is 0.318 e. The van der Waals surface area contributed by atoms with Crippen molar-refractivity contribution in [3.05, 3.63) is 46.6 Å². The molecule has 0 fully saturated rings. The van der Waals surface area contributed by atoms with Crippen LogP contribution in [0.3, 0.4) is 0 Å². The van der Waals surface area contributed by atoms with Gasteiger partial charge in [0.2, 0.25) is 5.89 Å². The summed E-state index contributed by atoms with van der Waals surface area (Å²) >= 11 is 0. The lowest BCUT2D eigenvalue weighted by Gasteiger charge is -2.19. The maximum absolute atomic E-state index is 12.4. The number of urea groups is 1. The van der Waals surface area contributed by atoms with Gasteiger partial charge in [0.1, 0.15) is 0 Å². The highest BCUT2D eigenvalue weighted by molar-refractivity contribution is 5.74. The fourth-order valence-corrected chi connectivity index (χ4v) is 2.37. The zero-order valence-corrected chi connectivity index (χ0v) is 14.9. The first-order valence-corrected chi connectivity index (χ1v) is 8.43. The van der Waals surface area contributed by atoms with E-state index in [1.54, 1.807) is 4.90 Å². The van der Waals surface area contributed by atoms with E-state index in [1.807, 2.05) is 13.0 Å². The summed E-state index contributed by atoms with van der Waals surface area (Å²) in [5.74, 6) is 1.17. The molecule has 0 radical (unpaired) electrons. The molecular weight excluding hydrogens is 304 g/mol. The number of benzene rings is 1. The Hall–Kier alpha value is -2.37. The highest BCUT2D eigenvalue weighted by Gasteiger charge is 2.15. The van der Waals surface area contributed by atoms with E-state index in [0.29, 0.717) is 31.3 Å². The van der Waals surface area contributed by atoms with Crippen molar-refractivity contribution in [1.82, 2.24) is 20.4 Å². The van der Waals surface area contributed by atoms with Crippen LogP contribution in [0.5, 0.6) is 0 Å². The molecule has 2 rings (SSSR count). The summed E-state index contributed by atoms with van der Waals surface area (Å²) in [4.78, 5) is 18.3. The number of carbonyl (C=O) groups excluding carboxylic acids is 1. The molecule has 130 valence electrons. The van der Waals surface area contributed by atoms with Gasteiger partial charge >= 0.3 is 6.03 Å². The molecule has 1 aromatic heterocycles. The third kappa shape index (κ3) is 4.81. The van der Waals surface area contributed by atoms with Gasteiger partial charge in [0.15, 0.2) is 5.82 Å². The topological polar surface area (TPSA) is 71.3 Å². The molecule has 0 saturated carbocycles. The molecule has 1 N–H and O–H groups in total. The zero-order chi connectivity index (χ0) is 17.5. The summed E-state index contributed by atoms with van der Waals surface area (Å²) < 4.78 is 5.16. The number of amides is 2. The van der Waals surface area contributed by atoms with Crippen LogP contribution in [0.25, 0.3) is 0 Å². The first kappa shape index (κ1) is 18.0. The Kier molecular flexibility index (Phi) is 6.35. The second kappa shape index (κ2) is 8.47. The van der Waals surface area contributed by atoms with Crippen molar-refractivity contribution in [3.8, 4) is 0 Å². The van der Waals surface area contributed by atoms with Gasteiger partial charge < -0.3 is 14.7 Å². The van der Waals surface area contributed by atoms with E-state index in [9.17, 15) is 4.79 Å². The Balaban J connectivity index is 1.91. The van der Waals surface area contributed by atoms with Crippen LogP contribution in [0.1, 0.15) is 48.7 Å². The van der Waals surface area contributed by atoms with Crippen molar-refractivity contribution >= 4 is 6.03 Å². The fourth-order valence-electron chi connectivity index (χ4n) is 2.37. The molecule has 0 unspecified atom stereocenters. The largest absolute Gasteiger partial charge is 0.339 e. The number of aromatic nitrogens is 2. The van der Waals surface area contributed by atoms with E-state index in [2.05, 4.69) is 48.4 Å². The molecule has 0 aliphatic carbocycles. The maximum atomic E-state index is 12.4. The monoisotopic (exact) mass is 330 g/mol. The van der Waals surface area contributed by atoms with Crippen molar-refractivity contribution in [2.24, 2.45) is 0 Å². The summed E-state index contributed by atoms with van der Waals surface area (Å²) in [7, 11) is 0. The average Bonchev–Trinajstić information content (AvgIpc) is 3.01. The SMILES string of the molecule is CCCc1nc(CN(CC)C(=O)NCc2ccc(C)c(C)c2)no1. The second-order valence-electron chi connectivity index (χ2n) is 5.95. The minimum absolute atomic E-state index is 0.127. The van der Waals surface area contributed by atoms with Gasteiger partial charge in [0.05, 0.1) is 6.54 Å². The van der Waals surface area contributed by atoms with Gasteiger partial charge in [0, 0.05) is 19.5 Å². The molecule has 24 heavy (non-hydrogen) atoms. The van der Waals surface area contributed by atoms with Crippen molar-refractivity contribution in [1.29, 1.82) is 0 Å². The number of aryl methyl sites for hydroxylation is 3. The lowest BCUT2D eigenvalue weighted by molar-refractivity contribution is 0.195. The van der Waals surface area contributed by atoms with Crippen molar-refractivity contribution in [2.45, 2.75) is 53.6 Å².